The first kappa shape index (κ1) is 30.9. The molecule has 0 bridgehead atoms. The van der Waals surface area contributed by atoms with Crippen LogP contribution in [0.4, 0.5) is 0 Å². The monoisotopic (exact) mass is 595 g/mol. The zero-order valence-corrected chi connectivity index (χ0v) is 25.3. The van der Waals surface area contributed by atoms with Crippen LogP contribution < -0.4 is 16.0 Å². The highest BCUT2D eigenvalue weighted by Gasteiger charge is 2.46. The van der Waals surface area contributed by atoms with E-state index in [1.54, 1.807) is 23.8 Å². The van der Waals surface area contributed by atoms with Gasteiger partial charge in [0.1, 0.15) is 12.1 Å². The van der Waals surface area contributed by atoms with Gasteiger partial charge >= 0.3 is 0 Å². The summed E-state index contributed by atoms with van der Waals surface area (Å²) in [5.41, 5.74) is 2.78. The first-order valence-corrected chi connectivity index (χ1v) is 15.4. The van der Waals surface area contributed by atoms with Crippen molar-refractivity contribution < 1.29 is 19.2 Å². The summed E-state index contributed by atoms with van der Waals surface area (Å²) >= 11 is 0. The Hall–Kier alpha value is -4.50. The molecule has 2 heterocycles. The van der Waals surface area contributed by atoms with Gasteiger partial charge in [-0.15, -0.1) is 0 Å². The van der Waals surface area contributed by atoms with Crippen LogP contribution >= 0.6 is 0 Å². The fraction of sp³-hybridized carbons (Fsp3) is 0.371. The summed E-state index contributed by atoms with van der Waals surface area (Å²) in [6, 6.07) is 26.2. The topological polar surface area (TPSA) is 111 Å². The van der Waals surface area contributed by atoms with Crippen molar-refractivity contribution in [2.75, 3.05) is 20.1 Å². The quantitative estimate of drug-likeness (QED) is 0.353. The number of amides is 4. The third-order valence-corrected chi connectivity index (χ3v) is 8.74. The number of nitrogens with one attached hydrogen (secondary N) is 3. The molecule has 0 aliphatic carbocycles. The molecule has 0 aromatic heterocycles. The van der Waals surface area contributed by atoms with E-state index < -0.39 is 18.1 Å². The standard InChI is InChI=1S/C35H41N5O4/c1-24(36-2)33(42)37-29-23-39(31(41)22-25-12-6-3-7-13-25)21-20-28-18-19-30(40(28)35(29)44)34(43)38-32(26-14-8-4-9-15-26)27-16-10-5-11-17-27/h3-17,24,28-30,32,36H,18-23H2,1-2H3,(H,37,42)(H,38,43). The number of carbonyl (C=O) groups excluding carboxylic acids is 4. The molecule has 0 saturated carbocycles. The van der Waals surface area contributed by atoms with Crippen molar-refractivity contribution in [2.45, 2.75) is 62.8 Å². The van der Waals surface area contributed by atoms with Crippen molar-refractivity contribution in [1.82, 2.24) is 25.8 Å². The predicted octanol–water partition coefficient (Wildman–Crippen LogP) is 2.82. The van der Waals surface area contributed by atoms with Gasteiger partial charge in [0.25, 0.3) is 0 Å². The minimum atomic E-state index is -0.978. The number of rotatable bonds is 9. The molecule has 5 rings (SSSR count). The molecule has 3 N–H and O–H groups in total. The van der Waals surface area contributed by atoms with Crippen molar-refractivity contribution >= 4 is 23.6 Å². The van der Waals surface area contributed by atoms with E-state index in [1.165, 1.54) is 0 Å². The summed E-state index contributed by atoms with van der Waals surface area (Å²) < 4.78 is 0. The molecule has 0 spiro atoms. The molecule has 0 radical (unpaired) electrons. The lowest BCUT2D eigenvalue weighted by atomic mass is 9.98. The number of nitrogens with zero attached hydrogens (tertiary/aromatic N) is 2. The van der Waals surface area contributed by atoms with Crippen LogP contribution in [0.3, 0.4) is 0 Å². The van der Waals surface area contributed by atoms with Crippen molar-refractivity contribution in [3.8, 4) is 0 Å². The highest BCUT2D eigenvalue weighted by molar-refractivity contribution is 5.94. The molecule has 3 aromatic rings. The van der Waals surface area contributed by atoms with E-state index in [2.05, 4.69) is 16.0 Å². The van der Waals surface area contributed by atoms with Gasteiger partial charge in [0.2, 0.25) is 23.6 Å². The highest BCUT2D eigenvalue weighted by Crippen LogP contribution is 2.31. The fourth-order valence-corrected chi connectivity index (χ4v) is 6.16. The van der Waals surface area contributed by atoms with Crippen LogP contribution in [0, 0.1) is 0 Å². The predicted molar refractivity (Wildman–Crippen MR) is 168 cm³/mol. The number of benzene rings is 3. The van der Waals surface area contributed by atoms with Crippen molar-refractivity contribution in [1.29, 1.82) is 0 Å². The number of carbonyl (C=O) groups is 4. The van der Waals surface area contributed by atoms with Gasteiger partial charge in [-0.2, -0.15) is 0 Å². The van der Waals surface area contributed by atoms with Crippen LogP contribution in [0.15, 0.2) is 91.0 Å². The van der Waals surface area contributed by atoms with E-state index in [4.69, 9.17) is 0 Å². The lowest BCUT2D eigenvalue weighted by molar-refractivity contribution is -0.147. The van der Waals surface area contributed by atoms with Crippen LogP contribution in [0.5, 0.6) is 0 Å². The van der Waals surface area contributed by atoms with Crippen LogP contribution in [-0.2, 0) is 25.6 Å². The van der Waals surface area contributed by atoms with Crippen molar-refractivity contribution in [3.05, 3.63) is 108 Å². The average Bonchev–Trinajstić information content (AvgIpc) is 3.48. The van der Waals surface area contributed by atoms with Gasteiger partial charge < -0.3 is 25.8 Å². The summed E-state index contributed by atoms with van der Waals surface area (Å²) in [4.78, 5) is 58.0. The molecule has 2 saturated heterocycles. The zero-order valence-electron chi connectivity index (χ0n) is 25.3. The molecule has 9 heteroatoms. The molecule has 44 heavy (non-hydrogen) atoms. The van der Waals surface area contributed by atoms with E-state index in [-0.39, 0.29) is 48.7 Å². The second kappa shape index (κ2) is 14.3. The normalized spacial score (nSPS) is 20.8. The van der Waals surface area contributed by atoms with Gasteiger partial charge in [0.15, 0.2) is 0 Å². The molecule has 230 valence electrons. The summed E-state index contributed by atoms with van der Waals surface area (Å²) in [6.45, 7) is 2.18. The maximum absolute atomic E-state index is 14.3. The smallest absolute Gasteiger partial charge is 0.247 e. The van der Waals surface area contributed by atoms with Gasteiger partial charge in [-0.3, -0.25) is 19.2 Å². The summed E-state index contributed by atoms with van der Waals surface area (Å²) in [5, 5.41) is 9.01. The summed E-state index contributed by atoms with van der Waals surface area (Å²) in [6.07, 6.45) is 1.91. The van der Waals surface area contributed by atoms with Gasteiger partial charge in [0.05, 0.1) is 18.5 Å². The second-order valence-electron chi connectivity index (χ2n) is 11.6. The molecule has 4 atom stereocenters. The van der Waals surface area contributed by atoms with E-state index in [0.717, 1.165) is 16.7 Å². The van der Waals surface area contributed by atoms with Gasteiger partial charge in [-0.25, -0.2) is 0 Å². The lowest BCUT2D eigenvalue weighted by Gasteiger charge is -2.39. The molecule has 2 aliphatic heterocycles. The van der Waals surface area contributed by atoms with Gasteiger partial charge in [-0.1, -0.05) is 91.0 Å². The number of likely N-dealkylation sites (N-methyl/N-ethyl adjacent to an activating group) is 1. The molecule has 2 aliphatic rings. The minimum absolute atomic E-state index is 0.0425. The largest absolute Gasteiger partial charge is 0.343 e. The van der Waals surface area contributed by atoms with Gasteiger partial charge in [-0.05, 0) is 49.9 Å². The Morgan fingerprint density at radius 3 is 2.02 bits per heavy atom. The van der Waals surface area contributed by atoms with Crippen LogP contribution in [-0.4, -0.2) is 77.7 Å². The molecule has 4 amide bonds. The van der Waals surface area contributed by atoms with E-state index >= 15 is 0 Å². The Kier molecular flexibility index (Phi) is 10.1. The molecule has 4 unspecified atom stereocenters. The van der Waals surface area contributed by atoms with Crippen LogP contribution in [0.25, 0.3) is 0 Å². The minimum Gasteiger partial charge on any atom is -0.343 e. The maximum Gasteiger partial charge on any atom is 0.247 e. The lowest BCUT2D eigenvalue weighted by Crippen LogP contribution is -2.62. The summed E-state index contributed by atoms with van der Waals surface area (Å²) in [7, 11) is 1.67. The van der Waals surface area contributed by atoms with E-state index in [1.807, 2.05) is 91.0 Å². The summed E-state index contributed by atoms with van der Waals surface area (Å²) in [5.74, 6) is -1.01. The van der Waals surface area contributed by atoms with E-state index in [0.29, 0.717) is 25.8 Å². The van der Waals surface area contributed by atoms with Crippen molar-refractivity contribution in [2.24, 2.45) is 0 Å². The van der Waals surface area contributed by atoms with Crippen LogP contribution in [0.2, 0.25) is 0 Å². The maximum atomic E-state index is 14.3. The van der Waals surface area contributed by atoms with E-state index in [9.17, 15) is 19.2 Å². The Balaban J connectivity index is 1.39. The average molecular weight is 596 g/mol. The Bertz CT molecular complexity index is 1400. The number of hydrogen-bond acceptors (Lipinski definition) is 5. The number of fused-ring (bicyclic) bond motifs is 1. The second-order valence-corrected chi connectivity index (χ2v) is 11.6. The third-order valence-electron chi connectivity index (χ3n) is 8.74. The molecule has 9 nitrogen and oxygen atoms in total. The zero-order chi connectivity index (χ0) is 31.1. The molecule has 3 aromatic carbocycles. The third kappa shape index (κ3) is 7.17. The fourth-order valence-electron chi connectivity index (χ4n) is 6.16. The molecular formula is C35H41N5O4. The first-order valence-electron chi connectivity index (χ1n) is 15.4. The number of hydrogen-bond donors (Lipinski definition) is 3. The van der Waals surface area contributed by atoms with Crippen LogP contribution in [0.1, 0.15) is 48.9 Å². The molecule has 2 fully saturated rings. The molecular weight excluding hydrogens is 554 g/mol. The van der Waals surface area contributed by atoms with Gasteiger partial charge in [0, 0.05) is 19.1 Å². The SMILES string of the molecule is CNC(C)C(=O)NC1CN(C(=O)Cc2ccccc2)CCC2CCC(C(=O)NC(c3ccccc3)c3ccccc3)N2C1=O. The highest BCUT2D eigenvalue weighted by atomic mass is 16.2. The Labute approximate surface area is 259 Å². The Morgan fingerprint density at radius 1 is 0.841 bits per heavy atom. The Morgan fingerprint density at radius 2 is 1.43 bits per heavy atom. The first-order chi connectivity index (χ1) is 21.4. The van der Waals surface area contributed by atoms with Crippen molar-refractivity contribution in [3.63, 3.8) is 0 Å².